The van der Waals surface area contributed by atoms with Crippen molar-refractivity contribution in [3.05, 3.63) is 29.0 Å². The van der Waals surface area contributed by atoms with Gasteiger partial charge in [-0.25, -0.2) is 4.39 Å². The van der Waals surface area contributed by atoms with Crippen LogP contribution in [0.4, 0.5) is 10.1 Å². The van der Waals surface area contributed by atoms with Gasteiger partial charge in [0, 0.05) is 24.8 Å². The molecule has 22 heavy (non-hydrogen) atoms. The van der Waals surface area contributed by atoms with Gasteiger partial charge in [0.25, 0.3) is 0 Å². The highest BCUT2D eigenvalue weighted by atomic mass is 35.5. The van der Waals surface area contributed by atoms with Crippen molar-refractivity contribution in [3.63, 3.8) is 0 Å². The number of hydrogen-bond acceptors (Lipinski definition) is 3. The Morgan fingerprint density at radius 1 is 1.41 bits per heavy atom. The van der Waals surface area contributed by atoms with Crippen molar-refractivity contribution in [2.75, 3.05) is 24.5 Å². The second kappa shape index (κ2) is 7.49. The molecule has 1 aromatic rings. The van der Waals surface area contributed by atoms with Gasteiger partial charge in [-0.3, -0.25) is 4.79 Å². The van der Waals surface area contributed by atoms with E-state index in [-0.39, 0.29) is 35.4 Å². The minimum Gasteiger partial charge on any atom is -0.369 e. The molecule has 0 bridgehead atoms. The van der Waals surface area contributed by atoms with Crippen molar-refractivity contribution < 1.29 is 9.18 Å². The molecule has 2 unspecified atom stereocenters. The van der Waals surface area contributed by atoms with E-state index in [1.54, 1.807) is 6.07 Å². The second-order valence-corrected chi connectivity index (χ2v) is 6.09. The molecule has 0 aliphatic carbocycles. The first kappa shape index (κ1) is 17.3. The fourth-order valence-electron chi connectivity index (χ4n) is 3.00. The van der Waals surface area contributed by atoms with Crippen LogP contribution in [0, 0.1) is 5.82 Å². The SMILES string of the molecule is Cl.O=C(NC1CCN(c2ccc(Cl)c(F)c2)C1)C1CCCN1. The van der Waals surface area contributed by atoms with Gasteiger partial charge in [0.15, 0.2) is 0 Å². The van der Waals surface area contributed by atoms with E-state index in [1.807, 2.05) is 6.07 Å². The number of carbonyl (C=O) groups excluding carboxylic acids is 1. The molecule has 2 aliphatic rings. The molecule has 2 atom stereocenters. The highest BCUT2D eigenvalue weighted by Crippen LogP contribution is 2.25. The summed E-state index contributed by atoms with van der Waals surface area (Å²) in [6, 6.07) is 4.91. The van der Waals surface area contributed by atoms with Gasteiger partial charge in [0.1, 0.15) is 5.82 Å². The van der Waals surface area contributed by atoms with Crippen LogP contribution in [0.5, 0.6) is 0 Å². The van der Waals surface area contributed by atoms with Crippen molar-refractivity contribution >= 4 is 35.6 Å². The molecule has 0 saturated carbocycles. The smallest absolute Gasteiger partial charge is 0.237 e. The molecule has 2 saturated heterocycles. The van der Waals surface area contributed by atoms with Crippen LogP contribution in [0.25, 0.3) is 0 Å². The summed E-state index contributed by atoms with van der Waals surface area (Å²) < 4.78 is 13.5. The highest BCUT2D eigenvalue weighted by molar-refractivity contribution is 6.30. The number of benzene rings is 1. The summed E-state index contributed by atoms with van der Waals surface area (Å²) in [5, 5.41) is 6.41. The summed E-state index contributed by atoms with van der Waals surface area (Å²) in [5.41, 5.74) is 0.813. The lowest BCUT2D eigenvalue weighted by atomic mass is 10.2. The Morgan fingerprint density at radius 2 is 2.23 bits per heavy atom. The molecule has 0 aromatic heterocycles. The third-order valence-electron chi connectivity index (χ3n) is 4.18. The fraction of sp³-hybridized carbons (Fsp3) is 0.533. The maximum atomic E-state index is 13.5. The van der Waals surface area contributed by atoms with Gasteiger partial charge in [-0.1, -0.05) is 11.6 Å². The van der Waals surface area contributed by atoms with E-state index in [0.29, 0.717) is 6.54 Å². The van der Waals surface area contributed by atoms with Crippen molar-refractivity contribution in [2.45, 2.75) is 31.3 Å². The van der Waals surface area contributed by atoms with Crippen LogP contribution in [0.15, 0.2) is 18.2 Å². The third kappa shape index (κ3) is 3.83. The van der Waals surface area contributed by atoms with E-state index in [2.05, 4.69) is 15.5 Å². The Bertz CT molecular complexity index is 538. The van der Waals surface area contributed by atoms with Gasteiger partial charge in [-0.15, -0.1) is 12.4 Å². The zero-order valence-electron chi connectivity index (χ0n) is 12.1. The molecule has 3 rings (SSSR count). The molecule has 1 aromatic carbocycles. The molecule has 0 radical (unpaired) electrons. The average Bonchev–Trinajstić information content (AvgIpc) is 3.12. The minimum absolute atomic E-state index is 0. The average molecular weight is 348 g/mol. The first-order valence-electron chi connectivity index (χ1n) is 7.37. The largest absolute Gasteiger partial charge is 0.369 e. The molecule has 4 nitrogen and oxygen atoms in total. The van der Waals surface area contributed by atoms with Crippen LogP contribution in [0.2, 0.25) is 5.02 Å². The van der Waals surface area contributed by atoms with E-state index in [0.717, 1.165) is 38.0 Å². The molecule has 2 fully saturated rings. The third-order valence-corrected chi connectivity index (χ3v) is 4.49. The minimum atomic E-state index is -0.406. The molecular formula is C15H20Cl2FN3O. The lowest BCUT2D eigenvalue weighted by molar-refractivity contribution is -0.123. The Kier molecular flexibility index (Phi) is 5.89. The van der Waals surface area contributed by atoms with E-state index >= 15 is 0 Å². The van der Waals surface area contributed by atoms with Crippen LogP contribution in [0.1, 0.15) is 19.3 Å². The zero-order chi connectivity index (χ0) is 14.8. The van der Waals surface area contributed by atoms with Crippen molar-refractivity contribution in [1.29, 1.82) is 0 Å². The number of anilines is 1. The second-order valence-electron chi connectivity index (χ2n) is 5.69. The standard InChI is InChI=1S/C15H19ClFN3O.ClH/c16-12-4-3-11(8-13(12)17)20-7-5-10(9-20)19-15(21)14-2-1-6-18-14;/h3-4,8,10,14,18H,1-2,5-7,9H2,(H,19,21);1H. The molecule has 2 N–H and O–H groups in total. The number of rotatable bonds is 3. The Labute approximate surface area is 140 Å². The molecule has 2 aliphatic heterocycles. The summed E-state index contributed by atoms with van der Waals surface area (Å²) in [6.07, 6.45) is 2.84. The predicted molar refractivity (Wildman–Crippen MR) is 88.4 cm³/mol. The van der Waals surface area contributed by atoms with Gasteiger partial charge < -0.3 is 15.5 Å². The monoisotopic (exact) mass is 347 g/mol. The summed E-state index contributed by atoms with van der Waals surface area (Å²) in [5.74, 6) is -0.321. The van der Waals surface area contributed by atoms with Crippen LogP contribution in [-0.2, 0) is 4.79 Å². The molecule has 7 heteroatoms. The van der Waals surface area contributed by atoms with Crippen LogP contribution in [0.3, 0.4) is 0 Å². The highest BCUT2D eigenvalue weighted by Gasteiger charge is 2.28. The van der Waals surface area contributed by atoms with Crippen LogP contribution in [-0.4, -0.2) is 37.6 Å². The summed E-state index contributed by atoms with van der Waals surface area (Å²) in [4.78, 5) is 14.1. The quantitative estimate of drug-likeness (QED) is 0.882. The summed E-state index contributed by atoms with van der Waals surface area (Å²) in [7, 11) is 0. The first-order valence-corrected chi connectivity index (χ1v) is 7.75. The van der Waals surface area contributed by atoms with Gasteiger partial charge in [0.2, 0.25) is 5.91 Å². The Balaban J connectivity index is 0.00000176. The van der Waals surface area contributed by atoms with Crippen molar-refractivity contribution in [1.82, 2.24) is 10.6 Å². The number of amides is 1. The number of halogens is 3. The van der Waals surface area contributed by atoms with Crippen molar-refractivity contribution in [3.8, 4) is 0 Å². The Hall–Kier alpha value is -1.04. The first-order chi connectivity index (χ1) is 10.1. The normalized spacial score (nSPS) is 24.2. The molecule has 0 spiro atoms. The van der Waals surface area contributed by atoms with Gasteiger partial charge in [-0.05, 0) is 44.0 Å². The predicted octanol–water partition coefficient (Wildman–Crippen LogP) is 2.35. The number of hydrogen-bond donors (Lipinski definition) is 2. The molecule has 122 valence electrons. The van der Waals surface area contributed by atoms with Gasteiger partial charge >= 0.3 is 0 Å². The molecule has 2 heterocycles. The van der Waals surface area contributed by atoms with Crippen LogP contribution < -0.4 is 15.5 Å². The number of nitrogens with one attached hydrogen (secondary N) is 2. The van der Waals surface area contributed by atoms with Crippen LogP contribution >= 0.6 is 24.0 Å². The topological polar surface area (TPSA) is 44.4 Å². The number of nitrogens with zero attached hydrogens (tertiary/aromatic N) is 1. The summed E-state index contributed by atoms with van der Waals surface area (Å²) in [6.45, 7) is 2.43. The fourth-order valence-corrected chi connectivity index (χ4v) is 3.12. The summed E-state index contributed by atoms with van der Waals surface area (Å²) >= 11 is 5.70. The van der Waals surface area contributed by atoms with Crippen molar-refractivity contribution in [2.24, 2.45) is 0 Å². The maximum Gasteiger partial charge on any atom is 0.237 e. The zero-order valence-corrected chi connectivity index (χ0v) is 13.7. The molecule has 1 amide bonds. The van der Waals surface area contributed by atoms with E-state index in [4.69, 9.17) is 11.6 Å². The van der Waals surface area contributed by atoms with E-state index in [9.17, 15) is 9.18 Å². The molecular weight excluding hydrogens is 328 g/mol. The van der Waals surface area contributed by atoms with Gasteiger partial charge in [0.05, 0.1) is 11.1 Å². The van der Waals surface area contributed by atoms with Gasteiger partial charge in [-0.2, -0.15) is 0 Å². The lowest BCUT2D eigenvalue weighted by Gasteiger charge is -2.20. The Morgan fingerprint density at radius 3 is 2.91 bits per heavy atom. The van der Waals surface area contributed by atoms with E-state index in [1.165, 1.54) is 6.07 Å². The number of carbonyl (C=O) groups is 1. The maximum absolute atomic E-state index is 13.5. The van der Waals surface area contributed by atoms with E-state index < -0.39 is 5.82 Å². The lowest BCUT2D eigenvalue weighted by Crippen LogP contribution is -2.46.